The van der Waals surface area contributed by atoms with Gasteiger partial charge in [0, 0.05) is 25.6 Å². The number of hydrogen-bond acceptors (Lipinski definition) is 4. The fraction of sp³-hybridized carbons (Fsp3) is 0.688. The largest absolute Gasteiger partial charge is 0.343 e. The quantitative estimate of drug-likeness (QED) is 0.700. The molecule has 1 rings (SSSR count). The van der Waals surface area contributed by atoms with E-state index in [9.17, 15) is 14.4 Å². The molecular formula is C16H28N4O3. The molecule has 0 aliphatic carbocycles. The molecule has 0 unspecified atom stereocenters. The van der Waals surface area contributed by atoms with Gasteiger partial charge in [-0.2, -0.15) is 0 Å². The van der Waals surface area contributed by atoms with E-state index in [-0.39, 0.29) is 30.3 Å². The van der Waals surface area contributed by atoms with Crippen LogP contribution < -0.4 is 10.6 Å². The summed E-state index contributed by atoms with van der Waals surface area (Å²) < 4.78 is 0. The second-order valence-electron chi connectivity index (χ2n) is 6.14. The van der Waals surface area contributed by atoms with Crippen molar-refractivity contribution in [2.24, 2.45) is 5.92 Å². The third-order valence-corrected chi connectivity index (χ3v) is 4.09. The number of carbonyl (C=O) groups is 3. The third-order valence-electron chi connectivity index (χ3n) is 4.09. The van der Waals surface area contributed by atoms with E-state index in [2.05, 4.69) is 17.2 Å². The summed E-state index contributed by atoms with van der Waals surface area (Å²) in [6, 6.07) is -0.320. The molecule has 1 heterocycles. The third kappa shape index (κ3) is 6.40. The second kappa shape index (κ2) is 9.29. The van der Waals surface area contributed by atoms with E-state index in [1.807, 2.05) is 25.8 Å². The van der Waals surface area contributed by atoms with Crippen LogP contribution >= 0.6 is 0 Å². The molecule has 2 N–H and O–H groups in total. The van der Waals surface area contributed by atoms with Crippen LogP contribution in [-0.2, 0) is 9.59 Å². The zero-order valence-corrected chi connectivity index (χ0v) is 14.3. The first-order valence-corrected chi connectivity index (χ1v) is 8.02. The maximum absolute atomic E-state index is 12.3. The summed E-state index contributed by atoms with van der Waals surface area (Å²) >= 11 is 0. The summed E-state index contributed by atoms with van der Waals surface area (Å²) in [4.78, 5) is 39.2. The van der Waals surface area contributed by atoms with Crippen LogP contribution in [0.4, 0.5) is 4.79 Å². The summed E-state index contributed by atoms with van der Waals surface area (Å²) in [7, 11) is 1.83. The smallest absolute Gasteiger partial charge is 0.321 e. The predicted molar refractivity (Wildman–Crippen MR) is 88.8 cm³/mol. The van der Waals surface area contributed by atoms with Gasteiger partial charge in [-0.15, -0.1) is 6.58 Å². The van der Waals surface area contributed by atoms with Gasteiger partial charge < -0.3 is 10.2 Å². The molecule has 0 saturated carbocycles. The number of nitrogens with one attached hydrogen (secondary N) is 2. The van der Waals surface area contributed by atoms with Crippen LogP contribution in [0.1, 0.15) is 26.7 Å². The van der Waals surface area contributed by atoms with Gasteiger partial charge in [-0.25, -0.2) is 4.79 Å². The molecule has 1 aliphatic heterocycles. The molecule has 0 radical (unpaired) electrons. The highest BCUT2D eigenvalue weighted by molar-refractivity contribution is 5.95. The van der Waals surface area contributed by atoms with Crippen molar-refractivity contribution >= 4 is 17.8 Å². The first kappa shape index (κ1) is 19.2. The average molecular weight is 324 g/mol. The molecule has 23 heavy (non-hydrogen) atoms. The van der Waals surface area contributed by atoms with Gasteiger partial charge >= 0.3 is 6.03 Å². The number of amides is 4. The SMILES string of the molecule is C=CCNC(=O)NC(=O)CN1CCC(C(=O)N(C)C(C)C)CC1. The molecule has 0 aromatic carbocycles. The van der Waals surface area contributed by atoms with E-state index in [1.165, 1.54) is 0 Å². The lowest BCUT2D eigenvalue weighted by Gasteiger charge is -2.33. The lowest BCUT2D eigenvalue weighted by atomic mass is 9.95. The molecule has 1 aliphatic rings. The van der Waals surface area contributed by atoms with Gasteiger partial charge in [0.05, 0.1) is 6.54 Å². The molecule has 0 spiro atoms. The van der Waals surface area contributed by atoms with Crippen molar-refractivity contribution in [2.45, 2.75) is 32.7 Å². The lowest BCUT2D eigenvalue weighted by molar-refractivity contribution is -0.137. The Labute approximate surface area is 138 Å². The van der Waals surface area contributed by atoms with Crippen LogP contribution in [0, 0.1) is 5.92 Å². The number of likely N-dealkylation sites (tertiary alicyclic amines) is 1. The van der Waals surface area contributed by atoms with Crippen LogP contribution in [-0.4, -0.2) is 66.9 Å². The molecule has 0 aromatic heterocycles. The van der Waals surface area contributed by atoms with Crippen LogP contribution in [0.25, 0.3) is 0 Å². The number of piperidine rings is 1. The molecule has 7 heteroatoms. The lowest BCUT2D eigenvalue weighted by Crippen LogP contribution is -2.48. The summed E-state index contributed by atoms with van der Waals surface area (Å²) in [5, 5.41) is 4.76. The number of rotatable bonds is 6. The first-order valence-electron chi connectivity index (χ1n) is 8.02. The maximum Gasteiger partial charge on any atom is 0.321 e. The van der Waals surface area contributed by atoms with Gasteiger partial charge in [0.15, 0.2) is 0 Å². The number of urea groups is 1. The van der Waals surface area contributed by atoms with E-state index < -0.39 is 6.03 Å². The minimum absolute atomic E-state index is 0.0256. The van der Waals surface area contributed by atoms with E-state index in [1.54, 1.807) is 11.0 Å². The highest BCUT2D eigenvalue weighted by atomic mass is 16.2. The van der Waals surface area contributed by atoms with E-state index >= 15 is 0 Å². The van der Waals surface area contributed by atoms with Crippen molar-refractivity contribution in [3.63, 3.8) is 0 Å². The Balaban J connectivity index is 2.33. The van der Waals surface area contributed by atoms with Gasteiger partial charge in [-0.1, -0.05) is 6.08 Å². The number of nitrogens with zero attached hydrogens (tertiary/aromatic N) is 2. The summed E-state index contributed by atoms with van der Waals surface area (Å²) in [5.74, 6) is -0.138. The van der Waals surface area contributed by atoms with Gasteiger partial charge in [0.1, 0.15) is 0 Å². The normalized spacial score (nSPS) is 16.0. The Kier molecular flexibility index (Phi) is 7.74. The minimum Gasteiger partial charge on any atom is -0.343 e. The van der Waals surface area contributed by atoms with Crippen LogP contribution in [0.3, 0.4) is 0 Å². The van der Waals surface area contributed by atoms with Gasteiger partial charge in [-0.3, -0.25) is 19.8 Å². The molecule has 130 valence electrons. The van der Waals surface area contributed by atoms with Crippen molar-refractivity contribution in [1.82, 2.24) is 20.4 Å². The summed E-state index contributed by atoms with van der Waals surface area (Å²) in [5.41, 5.74) is 0. The first-order chi connectivity index (χ1) is 10.8. The van der Waals surface area contributed by atoms with E-state index in [4.69, 9.17) is 0 Å². The van der Waals surface area contributed by atoms with Gasteiger partial charge in [0.25, 0.3) is 0 Å². The fourth-order valence-electron chi connectivity index (χ4n) is 2.46. The van der Waals surface area contributed by atoms with Crippen molar-refractivity contribution in [1.29, 1.82) is 0 Å². The fourth-order valence-corrected chi connectivity index (χ4v) is 2.46. The molecule has 1 fully saturated rings. The molecule has 1 saturated heterocycles. The number of carbonyl (C=O) groups excluding carboxylic acids is 3. The van der Waals surface area contributed by atoms with E-state index in [0.29, 0.717) is 19.6 Å². The topological polar surface area (TPSA) is 81.8 Å². The Morgan fingerprint density at radius 3 is 2.43 bits per heavy atom. The Bertz CT molecular complexity index is 443. The molecule has 0 bridgehead atoms. The highest BCUT2D eigenvalue weighted by Gasteiger charge is 2.28. The zero-order valence-electron chi connectivity index (χ0n) is 14.3. The molecule has 4 amide bonds. The molecular weight excluding hydrogens is 296 g/mol. The Morgan fingerprint density at radius 1 is 1.30 bits per heavy atom. The monoisotopic (exact) mass is 324 g/mol. The second-order valence-corrected chi connectivity index (χ2v) is 6.14. The molecule has 7 nitrogen and oxygen atoms in total. The summed E-state index contributed by atoms with van der Waals surface area (Å²) in [6.07, 6.45) is 3.03. The Hall–Kier alpha value is -1.89. The number of imide groups is 1. The van der Waals surface area contributed by atoms with Crippen LogP contribution in [0.15, 0.2) is 12.7 Å². The van der Waals surface area contributed by atoms with Crippen molar-refractivity contribution in [3.8, 4) is 0 Å². The van der Waals surface area contributed by atoms with Crippen molar-refractivity contribution in [2.75, 3.05) is 33.2 Å². The molecule has 0 atom stereocenters. The van der Waals surface area contributed by atoms with Gasteiger partial charge in [0.2, 0.25) is 11.8 Å². The maximum atomic E-state index is 12.3. The van der Waals surface area contributed by atoms with Gasteiger partial charge in [-0.05, 0) is 39.8 Å². The summed E-state index contributed by atoms with van der Waals surface area (Å²) in [6.45, 7) is 9.33. The van der Waals surface area contributed by atoms with Crippen LogP contribution in [0.5, 0.6) is 0 Å². The Morgan fingerprint density at radius 2 is 1.91 bits per heavy atom. The standard InChI is InChI=1S/C16H28N4O3/c1-5-8-17-16(23)18-14(21)11-20-9-6-13(7-10-20)15(22)19(4)12(2)3/h5,12-13H,1,6-11H2,2-4H3,(H2,17,18,21,23). The number of hydrogen-bond donors (Lipinski definition) is 2. The predicted octanol–water partition coefficient (Wildman–Crippen LogP) is 0.577. The van der Waals surface area contributed by atoms with E-state index in [0.717, 1.165) is 12.8 Å². The van der Waals surface area contributed by atoms with Crippen molar-refractivity contribution in [3.05, 3.63) is 12.7 Å². The van der Waals surface area contributed by atoms with Crippen LogP contribution in [0.2, 0.25) is 0 Å². The highest BCUT2D eigenvalue weighted by Crippen LogP contribution is 2.19. The molecule has 0 aromatic rings. The minimum atomic E-state index is -0.515. The zero-order chi connectivity index (χ0) is 17.4. The average Bonchev–Trinajstić information content (AvgIpc) is 2.51. The van der Waals surface area contributed by atoms with Crippen molar-refractivity contribution < 1.29 is 14.4 Å².